The first-order chi connectivity index (χ1) is 8.88. The molecule has 0 atom stereocenters. The van der Waals surface area contributed by atoms with Crippen LogP contribution in [0.25, 0.3) is 0 Å². The molecule has 1 aliphatic rings. The molecule has 0 spiro atoms. The van der Waals surface area contributed by atoms with Gasteiger partial charge in [0.2, 0.25) is 10.0 Å². The molecule has 0 saturated heterocycles. The number of hydrogen-bond acceptors (Lipinski definition) is 4. The van der Waals surface area contributed by atoms with Crippen LogP contribution < -0.4 is 4.72 Å². The predicted molar refractivity (Wildman–Crippen MR) is 79.5 cm³/mol. The average Bonchev–Trinajstić information content (AvgIpc) is 2.31. The molecule has 0 aromatic carbocycles. The summed E-state index contributed by atoms with van der Waals surface area (Å²) in [5.74, 6) is 0. The van der Waals surface area contributed by atoms with E-state index < -0.39 is 10.0 Å². The maximum Gasteiger partial charge on any atom is 0.242 e. The molecular weight excluding hydrogens is 327 g/mol. The van der Waals surface area contributed by atoms with Gasteiger partial charge in [-0.1, -0.05) is 29.6 Å². The summed E-state index contributed by atoms with van der Waals surface area (Å²) < 4.78 is 26.9. The van der Waals surface area contributed by atoms with E-state index in [-0.39, 0.29) is 19.8 Å². The number of sulfonamides is 1. The molecule has 0 aliphatic heterocycles. The Labute approximate surface area is 127 Å². The van der Waals surface area contributed by atoms with E-state index in [2.05, 4.69) is 9.71 Å². The summed E-state index contributed by atoms with van der Waals surface area (Å²) in [6, 6.07) is 1.31. The van der Waals surface area contributed by atoms with Crippen LogP contribution in [0.1, 0.15) is 19.3 Å². The fourth-order valence-electron chi connectivity index (χ4n) is 1.88. The monoisotopic (exact) mass is 340 g/mol. The summed E-state index contributed by atoms with van der Waals surface area (Å²) >= 11 is 13.2. The summed E-state index contributed by atoms with van der Waals surface area (Å²) in [5, 5.41) is 0.230. The van der Waals surface area contributed by atoms with Gasteiger partial charge >= 0.3 is 0 Å². The standard InChI is InChI=1S/C11H14Cl2N2O2S2/c1-18-11(3-2-4-11)7-15-19(16,17)8-5-9(12)10(13)14-6-8/h5-6,15H,2-4,7H2,1H3. The molecule has 0 bridgehead atoms. The molecule has 1 fully saturated rings. The van der Waals surface area contributed by atoms with E-state index in [0.29, 0.717) is 6.54 Å². The highest BCUT2D eigenvalue weighted by Crippen LogP contribution is 2.42. The van der Waals surface area contributed by atoms with Crippen LogP contribution in [0.3, 0.4) is 0 Å². The van der Waals surface area contributed by atoms with Gasteiger partial charge in [-0.2, -0.15) is 11.8 Å². The van der Waals surface area contributed by atoms with Gasteiger partial charge in [0.25, 0.3) is 0 Å². The van der Waals surface area contributed by atoms with E-state index in [0.717, 1.165) is 19.3 Å². The highest BCUT2D eigenvalue weighted by atomic mass is 35.5. The lowest BCUT2D eigenvalue weighted by molar-refractivity contribution is 0.362. The lowest BCUT2D eigenvalue weighted by atomic mass is 9.84. The Morgan fingerprint density at radius 1 is 1.47 bits per heavy atom. The summed E-state index contributed by atoms with van der Waals surface area (Å²) in [7, 11) is -3.59. The minimum absolute atomic E-state index is 0.0384. The Kier molecular flexibility index (Phi) is 4.67. The van der Waals surface area contributed by atoms with E-state index in [4.69, 9.17) is 23.2 Å². The van der Waals surface area contributed by atoms with E-state index in [9.17, 15) is 8.42 Å². The maximum atomic E-state index is 12.1. The zero-order valence-corrected chi connectivity index (χ0v) is 13.5. The van der Waals surface area contributed by atoms with Gasteiger partial charge in [-0.15, -0.1) is 0 Å². The zero-order chi connectivity index (χ0) is 14.1. The third-order valence-corrected chi connectivity index (χ3v) is 6.84. The predicted octanol–water partition coefficient (Wildman–Crippen LogP) is 2.95. The minimum atomic E-state index is -3.59. The Bertz CT molecular complexity index is 569. The summed E-state index contributed by atoms with van der Waals surface area (Å²) in [6.45, 7) is 0.427. The Morgan fingerprint density at radius 3 is 2.63 bits per heavy atom. The summed E-state index contributed by atoms with van der Waals surface area (Å²) in [6.07, 6.45) is 6.45. The molecule has 0 unspecified atom stereocenters. The number of aromatic nitrogens is 1. The molecule has 0 radical (unpaired) electrons. The van der Waals surface area contributed by atoms with Crippen molar-refractivity contribution in [2.24, 2.45) is 0 Å². The molecule has 1 N–H and O–H groups in total. The third kappa shape index (κ3) is 3.36. The van der Waals surface area contributed by atoms with Crippen LogP contribution in [-0.4, -0.2) is 30.9 Å². The van der Waals surface area contributed by atoms with Gasteiger partial charge in [0.1, 0.15) is 10.0 Å². The first-order valence-corrected chi connectivity index (χ1v) is 9.21. The van der Waals surface area contributed by atoms with Crippen molar-refractivity contribution in [3.05, 3.63) is 22.4 Å². The van der Waals surface area contributed by atoms with Gasteiger partial charge in [-0.3, -0.25) is 0 Å². The van der Waals surface area contributed by atoms with Crippen LogP contribution in [0.15, 0.2) is 17.2 Å². The largest absolute Gasteiger partial charge is 0.242 e. The van der Waals surface area contributed by atoms with Gasteiger partial charge in [0, 0.05) is 17.5 Å². The fraction of sp³-hybridized carbons (Fsp3) is 0.545. The van der Waals surface area contributed by atoms with Gasteiger partial charge < -0.3 is 0 Å². The number of nitrogens with zero attached hydrogens (tertiary/aromatic N) is 1. The van der Waals surface area contributed by atoms with Crippen LogP contribution in [-0.2, 0) is 10.0 Å². The number of hydrogen-bond donors (Lipinski definition) is 1. The number of nitrogens with one attached hydrogen (secondary N) is 1. The second kappa shape index (κ2) is 5.77. The van der Waals surface area contributed by atoms with Gasteiger partial charge in [0.15, 0.2) is 0 Å². The van der Waals surface area contributed by atoms with Crippen LogP contribution >= 0.6 is 35.0 Å². The van der Waals surface area contributed by atoms with Crippen molar-refractivity contribution in [1.82, 2.24) is 9.71 Å². The SMILES string of the molecule is CSC1(CNS(=O)(=O)c2cnc(Cl)c(Cl)c2)CCC1. The quantitative estimate of drug-likeness (QED) is 0.837. The number of rotatable bonds is 5. The molecule has 4 nitrogen and oxygen atoms in total. The van der Waals surface area contributed by atoms with E-state index in [1.54, 1.807) is 11.8 Å². The van der Waals surface area contributed by atoms with Gasteiger partial charge in [0.05, 0.1) is 5.02 Å². The molecule has 8 heteroatoms. The fourth-order valence-corrected chi connectivity index (χ4v) is 4.32. The van der Waals surface area contributed by atoms with Crippen molar-refractivity contribution < 1.29 is 8.42 Å². The Balaban J connectivity index is 2.11. The molecule has 1 heterocycles. The van der Waals surface area contributed by atoms with Crippen molar-refractivity contribution in [3.8, 4) is 0 Å². The average molecular weight is 341 g/mol. The molecule has 1 aromatic heterocycles. The molecule has 2 rings (SSSR count). The zero-order valence-electron chi connectivity index (χ0n) is 10.3. The van der Waals surface area contributed by atoms with Crippen LogP contribution in [0, 0.1) is 0 Å². The lowest BCUT2D eigenvalue weighted by Crippen LogP contribution is -2.45. The van der Waals surface area contributed by atoms with Crippen LogP contribution in [0.5, 0.6) is 0 Å². The minimum Gasteiger partial charge on any atom is -0.242 e. The number of thioether (sulfide) groups is 1. The molecular formula is C11H14Cl2N2O2S2. The normalized spacial score (nSPS) is 18.1. The van der Waals surface area contributed by atoms with Crippen molar-refractivity contribution in [2.45, 2.75) is 28.9 Å². The topological polar surface area (TPSA) is 59.1 Å². The van der Waals surface area contributed by atoms with E-state index in [1.807, 2.05) is 6.26 Å². The number of halogens is 2. The van der Waals surface area contributed by atoms with Gasteiger partial charge in [-0.25, -0.2) is 18.1 Å². The van der Waals surface area contributed by atoms with Crippen molar-refractivity contribution in [1.29, 1.82) is 0 Å². The highest BCUT2D eigenvalue weighted by molar-refractivity contribution is 8.00. The highest BCUT2D eigenvalue weighted by Gasteiger charge is 2.37. The molecule has 1 saturated carbocycles. The second-order valence-electron chi connectivity index (χ2n) is 4.51. The molecule has 106 valence electrons. The number of pyridine rings is 1. The first-order valence-electron chi connectivity index (χ1n) is 5.74. The molecule has 1 aromatic rings. The maximum absolute atomic E-state index is 12.1. The smallest absolute Gasteiger partial charge is 0.242 e. The van der Waals surface area contributed by atoms with Crippen molar-refractivity contribution >= 4 is 45.0 Å². The Hall–Kier alpha value is -0.0100. The van der Waals surface area contributed by atoms with Crippen molar-refractivity contribution in [2.75, 3.05) is 12.8 Å². The van der Waals surface area contributed by atoms with E-state index in [1.165, 1.54) is 12.3 Å². The summed E-state index contributed by atoms with van der Waals surface area (Å²) in [4.78, 5) is 3.79. The molecule has 1 aliphatic carbocycles. The molecule has 0 amide bonds. The summed E-state index contributed by atoms with van der Waals surface area (Å²) in [5.41, 5.74) is 0. The van der Waals surface area contributed by atoms with Gasteiger partial charge in [-0.05, 0) is 25.2 Å². The second-order valence-corrected chi connectivity index (χ2v) is 8.32. The van der Waals surface area contributed by atoms with Crippen molar-refractivity contribution in [3.63, 3.8) is 0 Å². The Morgan fingerprint density at radius 2 is 2.16 bits per heavy atom. The van der Waals surface area contributed by atoms with Crippen LogP contribution in [0.2, 0.25) is 10.2 Å². The van der Waals surface area contributed by atoms with E-state index >= 15 is 0 Å². The molecule has 19 heavy (non-hydrogen) atoms. The third-order valence-electron chi connectivity index (χ3n) is 3.36. The first kappa shape index (κ1) is 15.4. The lowest BCUT2D eigenvalue weighted by Gasteiger charge is -2.40. The van der Waals surface area contributed by atoms with Crippen LogP contribution in [0.4, 0.5) is 0 Å².